The van der Waals surface area contributed by atoms with Crippen molar-refractivity contribution in [3.05, 3.63) is 24.0 Å². The van der Waals surface area contributed by atoms with Crippen LogP contribution in [0.2, 0.25) is 0 Å². The first-order valence-corrected chi connectivity index (χ1v) is 8.82. The lowest BCUT2D eigenvalue weighted by Crippen LogP contribution is -2.63. The van der Waals surface area contributed by atoms with Crippen molar-refractivity contribution in [2.24, 2.45) is 10.8 Å². The summed E-state index contributed by atoms with van der Waals surface area (Å²) in [6.07, 6.45) is 7.11. The number of carbonyl (C=O) groups is 1. The molecule has 2 aliphatic heterocycles. The van der Waals surface area contributed by atoms with Crippen LogP contribution in [-0.2, 0) is 18.9 Å². The highest BCUT2D eigenvalue weighted by atomic mass is 16.7. The molecule has 0 radical (unpaired) electrons. The van der Waals surface area contributed by atoms with Gasteiger partial charge in [-0.25, -0.2) is 4.79 Å². The summed E-state index contributed by atoms with van der Waals surface area (Å²) < 4.78 is 23.2. The van der Waals surface area contributed by atoms with E-state index in [9.17, 15) is 4.79 Å². The van der Waals surface area contributed by atoms with Crippen molar-refractivity contribution in [1.82, 2.24) is 0 Å². The molecule has 5 nitrogen and oxygen atoms in total. The molecule has 0 unspecified atom stereocenters. The molecule has 0 N–H and O–H groups in total. The minimum Gasteiger partial charge on any atom is -0.430 e. The number of rotatable bonds is 2. The van der Waals surface area contributed by atoms with Gasteiger partial charge in [-0.2, -0.15) is 0 Å². The highest BCUT2D eigenvalue weighted by molar-refractivity contribution is 5.61. The van der Waals surface area contributed by atoms with E-state index in [0.717, 1.165) is 12.8 Å². The number of ether oxygens (including phenoxy) is 4. The largest absolute Gasteiger partial charge is 0.513 e. The van der Waals surface area contributed by atoms with Crippen LogP contribution in [0.4, 0.5) is 4.79 Å². The lowest BCUT2D eigenvalue weighted by Gasteiger charge is -2.57. The summed E-state index contributed by atoms with van der Waals surface area (Å²) in [4.78, 5) is 12.0. The third-order valence-corrected chi connectivity index (χ3v) is 7.07. The van der Waals surface area contributed by atoms with Gasteiger partial charge in [0.25, 0.3) is 0 Å². The van der Waals surface area contributed by atoms with Gasteiger partial charge in [-0.1, -0.05) is 31.6 Å². The molecular formula is C19H26O5. The van der Waals surface area contributed by atoms with Crippen molar-refractivity contribution in [2.45, 2.75) is 70.9 Å². The topological polar surface area (TPSA) is 57.3 Å². The number of carbonyl (C=O) groups excluding carboxylic acids is 1. The fraction of sp³-hybridized carbons (Fsp3) is 0.737. The molecule has 1 saturated carbocycles. The Morgan fingerprint density at radius 3 is 2.83 bits per heavy atom. The first kappa shape index (κ1) is 16.2. The second kappa shape index (κ2) is 5.09. The van der Waals surface area contributed by atoms with Gasteiger partial charge >= 0.3 is 6.16 Å². The Bertz CT molecular complexity index is 619. The maximum absolute atomic E-state index is 12.0. The Labute approximate surface area is 143 Å². The van der Waals surface area contributed by atoms with Gasteiger partial charge in [-0.15, -0.1) is 0 Å². The van der Waals surface area contributed by atoms with Crippen LogP contribution in [0.1, 0.15) is 47.0 Å². The van der Waals surface area contributed by atoms with Crippen molar-refractivity contribution in [2.75, 3.05) is 6.61 Å². The van der Waals surface area contributed by atoms with Gasteiger partial charge in [0, 0.05) is 17.3 Å². The molecule has 4 aliphatic rings. The van der Waals surface area contributed by atoms with Crippen LogP contribution < -0.4 is 0 Å². The molecule has 0 aromatic carbocycles. The average Bonchev–Trinajstić information content (AvgIpc) is 3.31. The Hall–Kier alpha value is -1.33. The zero-order valence-corrected chi connectivity index (χ0v) is 14.8. The normalized spacial score (nSPS) is 49.0. The zero-order chi connectivity index (χ0) is 17.2. The number of epoxide rings is 1. The molecular weight excluding hydrogens is 308 g/mol. The molecule has 4 rings (SSSR count). The maximum Gasteiger partial charge on any atom is 0.513 e. The molecule has 0 aromatic heterocycles. The molecule has 3 fully saturated rings. The van der Waals surface area contributed by atoms with Crippen molar-refractivity contribution >= 4 is 6.16 Å². The standard InChI is InChI=1S/C19H26O5/c1-5-8-21-16(20)24-14-10-15-19(11-22-19)18(14,4)17(3)7-6-12(2)9-13(17)23-15/h5,8-9,13-15H,6-7,10-11H2,1-4H3/t13-,14-,15-,17+,18-,19+/m1/s1. The highest BCUT2D eigenvalue weighted by Crippen LogP contribution is 2.71. The molecule has 5 heteroatoms. The van der Waals surface area contributed by atoms with Crippen molar-refractivity contribution in [3.63, 3.8) is 0 Å². The van der Waals surface area contributed by atoms with Crippen molar-refractivity contribution in [3.8, 4) is 0 Å². The van der Waals surface area contributed by atoms with E-state index in [0.29, 0.717) is 13.0 Å². The van der Waals surface area contributed by atoms with Gasteiger partial charge in [0.15, 0.2) is 0 Å². The summed E-state index contributed by atoms with van der Waals surface area (Å²) in [7, 11) is 0. The van der Waals surface area contributed by atoms with Crippen LogP contribution in [0, 0.1) is 10.8 Å². The second-order valence-electron chi connectivity index (χ2n) is 8.04. The third-order valence-electron chi connectivity index (χ3n) is 7.07. The summed E-state index contributed by atoms with van der Waals surface area (Å²) in [5, 5.41) is 0. The summed E-state index contributed by atoms with van der Waals surface area (Å²) in [5.74, 6) is 0. The van der Waals surface area contributed by atoms with E-state index in [1.54, 1.807) is 13.0 Å². The minimum atomic E-state index is -0.648. The van der Waals surface area contributed by atoms with E-state index in [1.807, 2.05) is 0 Å². The van der Waals surface area contributed by atoms with Crippen LogP contribution in [-0.4, -0.2) is 36.7 Å². The summed E-state index contributed by atoms with van der Waals surface area (Å²) in [6.45, 7) is 9.12. The van der Waals surface area contributed by atoms with Crippen LogP contribution in [0.15, 0.2) is 24.0 Å². The second-order valence-corrected chi connectivity index (χ2v) is 8.04. The van der Waals surface area contributed by atoms with Crippen LogP contribution in [0.5, 0.6) is 0 Å². The number of fused-ring (bicyclic) bond motifs is 2. The summed E-state index contributed by atoms with van der Waals surface area (Å²) in [5.41, 5.74) is 0.655. The van der Waals surface area contributed by atoms with E-state index >= 15 is 0 Å². The first-order chi connectivity index (χ1) is 11.4. The molecule has 0 amide bonds. The van der Waals surface area contributed by atoms with Crippen molar-refractivity contribution < 1.29 is 23.7 Å². The van der Waals surface area contributed by atoms with Crippen LogP contribution in [0.25, 0.3) is 0 Å². The van der Waals surface area contributed by atoms with E-state index in [-0.39, 0.29) is 34.7 Å². The quantitative estimate of drug-likeness (QED) is 0.333. The molecule has 2 saturated heterocycles. The minimum absolute atomic E-state index is 0.0257. The molecule has 6 atom stereocenters. The van der Waals surface area contributed by atoms with E-state index in [2.05, 4.69) is 26.8 Å². The van der Waals surface area contributed by atoms with E-state index in [4.69, 9.17) is 18.9 Å². The molecule has 1 spiro atoms. The molecule has 2 heterocycles. The highest BCUT2D eigenvalue weighted by Gasteiger charge is 2.81. The lowest BCUT2D eigenvalue weighted by atomic mass is 9.52. The predicted molar refractivity (Wildman–Crippen MR) is 87.3 cm³/mol. The van der Waals surface area contributed by atoms with Gasteiger partial charge in [0.05, 0.1) is 25.1 Å². The van der Waals surface area contributed by atoms with Crippen LogP contribution in [0.3, 0.4) is 0 Å². The molecule has 2 bridgehead atoms. The van der Waals surface area contributed by atoms with E-state index in [1.165, 1.54) is 11.8 Å². The third kappa shape index (κ3) is 1.85. The van der Waals surface area contributed by atoms with Gasteiger partial charge in [0.2, 0.25) is 0 Å². The Balaban J connectivity index is 1.68. The number of allylic oxidation sites excluding steroid dienone is 2. The van der Waals surface area contributed by atoms with Gasteiger partial charge in [0.1, 0.15) is 11.7 Å². The van der Waals surface area contributed by atoms with E-state index < -0.39 is 6.16 Å². The fourth-order valence-corrected chi connectivity index (χ4v) is 5.29. The summed E-state index contributed by atoms with van der Waals surface area (Å²) >= 11 is 0. The Kier molecular flexibility index (Phi) is 3.42. The zero-order valence-electron chi connectivity index (χ0n) is 14.8. The van der Waals surface area contributed by atoms with Gasteiger partial charge in [-0.05, 0) is 26.7 Å². The molecule has 0 aromatic rings. The molecule has 24 heavy (non-hydrogen) atoms. The SMILES string of the molecule is CC=COC(=O)O[C@@H]1C[C@H]2O[C@@H]3C=C(C)CC[C@]3(C)[C@]1(C)[C@]21CO1. The Morgan fingerprint density at radius 2 is 2.17 bits per heavy atom. The number of hydrogen-bond donors (Lipinski definition) is 0. The van der Waals surface area contributed by atoms with Crippen LogP contribution >= 0.6 is 0 Å². The summed E-state index contributed by atoms with van der Waals surface area (Å²) in [6, 6.07) is 0. The lowest BCUT2D eigenvalue weighted by molar-refractivity contribution is -0.205. The predicted octanol–water partition coefficient (Wildman–Crippen LogP) is 3.73. The average molecular weight is 334 g/mol. The maximum atomic E-state index is 12.0. The molecule has 132 valence electrons. The Morgan fingerprint density at radius 1 is 1.42 bits per heavy atom. The van der Waals surface area contributed by atoms with Gasteiger partial charge < -0.3 is 18.9 Å². The monoisotopic (exact) mass is 334 g/mol. The smallest absolute Gasteiger partial charge is 0.430 e. The first-order valence-electron chi connectivity index (χ1n) is 8.82. The van der Waals surface area contributed by atoms with Gasteiger partial charge in [-0.3, -0.25) is 0 Å². The molecule has 2 aliphatic carbocycles. The van der Waals surface area contributed by atoms with Crippen molar-refractivity contribution in [1.29, 1.82) is 0 Å². The fourth-order valence-electron chi connectivity index (χ4n) is 5.29. The number of hydrogen-bond acceptors (Lipinski definition) is 5.